The van der Waals surface area contributed by atoms with Crippen molar-refractivity contribution in [3.05, 3.63) is 58.7 Å². The Morgan fingerprint density at radius 1 is 0.964 bits per heavy atom. The highest BCUT2D eigenvalue weighted by Crippen LogP contribution is 2.37. The van der Waals surface area contributed by atoms with Crippen LogP contribution in [0, 0.1) is 6.92 Å². The fraction of sp³-hybridized carbons (Fsp3) is 0.409. The molecule has 0 fully saturated rings. The number of aryl methyl sites for hydroxylation is 1. The van der Waals surface area contributed by atoms with Crippen molar-refractivity contribution in [2.45, 2.75) is 64.2 Å². The summed E-state index contributed by atoms with van der Waals surface area (Å²) < 4.78 is 24.8. The van der Waals surface area contributed by atoms with E-state index in [4.69, 9.17) is 0 Å². The first-order valence-electron chi connectivity index (χ1n) is 9.21. The first-order chi connectivity index (χ1) is 12.7. The van der Waals surface area contributed by atoms with Gasteiger partial charge in [-0.25, -0.2) is 4.83 Å². The summed E-state index contributed by atoms with van der Waals surface area (Å²) in [4.78, 5) is 2.35. The highest BCUT2D eigenvalue weighted by atomic mass is 32.2. The standard InChI is InChI=1S/C22H30N2O3S/c1-15-8-10-18(11-9-15)28(26,27)24-23-14-16-12-17(21(2,3)4)13-19(20(16)25)22(5,6)7/h8-14,24-25H,1-7H3. The van der Waals surface area contributed by atoms with Crippen LogP contribution in [0.4, 0.5) is 0 Å². The Morgan fingerprint density at radius 2 is 1.54 bits per heavy atom. The van der Waals surface area contributed by atoms with Crippen LogP contribution in [0.2, 0.25) is 0 Å². The average molecular weight is 403 g/mol. The second-order valence-electron chi connectivity index (χ2n) is 9.13. The number of rotatable bonds is 4. The number of aromatic hydroxyl groups is 1. The molecular weight excluding hydrogens is 372 g/mol. The van der Waals surface area contributed by atoms with Gasteiger partial charge in [-0.2, -0.15) is 13.5 Å². The number of phenols is 1. The van der Waals surface area contributed by atoms with Gasteiger partial charge in [-0.3, -0.25) is 0 Å². The van der Waals surface area contributed by atoms with Gasteiger partial charge in [0.2, 0.25) is 0 Å². The number of sulfonamides is 1. The number of hydrogen-bond acceptors (Lipinski definition) is 4. The third-order valence-electron chi connectivity index (χ3n) is 4.52. The van der Waals surface area contributed by atoms with E-state index in [0.29, 0.717) is 5.56 Å². The Labute approximate surface area is 168 Å². The Balaban J connectivity index is 2.40. The second kappa shape index (κ2) is 7.59. The minimum absolute atomic E-state index is 0.110. The molecule has 0 aromatic heterocycles. The smallest absolute Gasteiger partial charge is 0.276 e. The Kier molecular flexibility index (Phi) is 5.95. The number of nitrogens with zero attached hydrogens (tertiary/aromatic N) is 1. The Morgan fingerprint density at radius 3 is 2.04 bits per heavy atom. The third kappa shape index (κ3) is 5.13. The average Bonchev–Trinajstić information content (AvgIpc) is 2.54. The van der Waals surface area contributed by atoms with Crippen molar-refractivity contribution >= 4 is 16.2 Å². The van der Waals surface area contributed by atoms with Gasteiger partial charge < -0.3 is 5.11 Å². The van der Waals surface area contributed by atoms with E-state index in [9.17, 15) is 13.5 Å². The zero-order valence-electron chi connectivity index (χ0n) is 17.7. The van der Waals surface area contributed by atoms with E-state index in [1.807, 2.05) is 39.8 Å². The van der Waals surface area contributed by atoms with Gasteiger partial charge in [-0.15, -0.1) is 0 Å². The van der Waals surface area contributed by atoms with E-state index >= 15 is 0 Å². The van der Waals surface area contributed by atoms with E-state index in [2.05, 4.69) is 30.7 Å². The molecule has 0 aliphatic heterocycles. The van der Waals surface area contributed by atoms with Gasteiger partial charge in [0.1, 0.15) is 5.75 Å². The summed E-state index contributed by atoms with van der Waals surface area (Å²) in [6.07, 6.45) is 1.35. The van der Waals surface area contributed by atoms with E-state index < -0.39 is 10.0 Å². The van der Waals surface area contributed by atoms with E-state index in [1.54, 1.807) is 12.1 Å². The van der Waals surface area contributed by atoms with Crippen molar-refractivity contribution in [1.82, 2.24) is 4.83 Å². The second-order valence-corrected chi connectivity index (χ2v) is 10.8. The molecule has 152 valence electrons. The summed E-state index contributed by atoms with van der Waals surface area (Å²) in [5.41, 5.74) is 2.89. The molecule has 0 atom stereocenters. The van der Waals surface area contributed by atoms with Crippen LogP contribution in [0.1, 0.15) is 63.8 Å². The molecule has 0 bridgehead atoms. The third-order valence-corrected chi connectivity index (χ3v) is 5.76. The first-order valence-corrected chi connectivity index (χ1v) is 10.7. The van der Waals surface area contributed by atoms with Crippen LogP contribution in [0.5, 0.6) is 5.75 Å². The summed E-state index contributed by atoms with van der Waals surface area (Å²) >= 11 is 0. The summed E-state index contributed by atoms with van der Waals surface area (Å²) in [5, 5.41) is 14.6. The highest BCUT2D eigenvalue weighted by molar-refractivity contribution is 7.89. The number of hydrogen-bond donors (Lipinski definition) is 2. The molecule has 0 saturated carbocycles. The SMILES string of the molecule is Cc1ccc(S(=O)(=O)NN=Cc2cc(C(C)(C)C)cc(C(C)(C)C)c2O)cc1. The molecule has 0 heterocycles. The van der Waals surface area contributed by atoms with Crippen LogP contribution in [0.25, 0.3) is 0 Å². The van der Waals surface area contributed by atoms with Crippen LogP contribution in [-0.2, 0) is 20.9 Å². The molecule has 0 unspecified atom stereocenters. The molecular formula is C22H30N2O3S. The topological polar surface area (TPSA) is 78.8 Å². The van der Waals surface area contributed by atoms with Gasteiger partial charge in [0.15, 0.2) is 0 Å². The molecule has 2 N–H and O–H groups in total. The maximum absolute atomic E-state index is 12.4. The number of phenolic OH excluding ortho intramolecular Hbond substituents is 1. The fourth-order valence-electron chi connectivity index (χ4n) is 2.70. The fourth-order valence-corrected chi connectivity index (χ4v) is 3.49. The highest BCUT2D eigenvalue weighted by Gasteiger charge is 2.24. The zero-order chi connectivity index (χ0) is 21.3. The molecule has 0 saturated heterocycles. The Bertz CT molecular complexity index is 978. The lowest BCUT2D eigenvalue weighted by molar-refractivity contribution is 0.444. The van der Waals surface area contributed by atoms with Gasteiger partial charge in [-0.1, -0.05) is 65.3 Å². The van der Waals surface area contributed by atoms with Crippen LogP contribution in [-0.4, -0.2) is 19.7 Å². The lowest BCUT2D eigenvalue weighted by Crippen LogP contribution is -2.19. The number of hydrazone groups is 1. The van der Waals surface area contributed by atoms with Crippen LogP contribution in [0.3, 0.4) is 0 Å². The monoisotopic (exact) mass is 402 g/mol. The number of benzene rings is 2. The van der Waals surface area contributed by atoms with Crippen molar-refractivity contribution in [2.24, 2.45) is 5.10 Å². The lowest BCUT2D eigenvalue weighted by atomic mass is 9.79. The van der Waals surface area contributed by atoms with Gasteiger partial charge in [0.05, 0.1) is 11.1 Å². The van der Waals surface area contributed by atoms with Gasteiger partial charge >= 0.3 is 0 Å². The van der Waals surface area contributed by atoms with Crippen LogP contribution < -0.4 is 4.83 Å². The molecule has 0 aliphatic rings. The van der Waals surface area contributed by atoms with Crippen molar-refractivity contribution in [1.29, 1.82) is 0 Å². The van der Waals surface area contributed by atoms with Gasteiger partial charge in [0.25, 0.3) is 10.0 Å². The summed E-state index contributed by atoms with van der Waals surface area (Å²) in [7, 11) is -3.77. The zero-order valence-corrected chi connectivity index (χ0v) is 18.5. The first kappa shape index (κ1) is 22.0. The van der Waals surface area contributed by atoms with Gasteiger partial charge in [0, 0.05) is 11.1 Å². The molecule has 2 rings (SSSR count). The van der Waals surface area contributed by atoms with E-state index in [0.717, 1.165) is 16.7 Å². The van der Waals surface area contributed by atoms with Crippen molar-refractivity contribution < 1.29 is 13.5 Å². The van der Waals surface area contributed by atoms with Gasteiger partial charge in [-0.05, 0) is 41.5 Å². The van der Waals surface area contributed by atoms with E-state index in [1.165, 1.54) is 18.3 Å². The molecule has 0 spiro atoms. The molecule has 2 aromatic rings. The van der Waals surface area contributed by atoms with E-state index in [-0.39, 0.29) is 21.5 Å². The molecule has 0 radical (unpaired) electrons. The molecule has 28 heavy (non-hydrogen) atoms. The predicted octanol–water partition coefficient (Wildman–Crippen LogP) is 4.61. The molecule has 2 aromatic carbocycles. The minimum atomic E-state index is -3.77. The van der Waals surface area contributed by atoms with Crippen molar-refractivity contribution in [3.8, 4) is 5.75 Å². The van der Waals surface area contributed by atoms with Crippen LogP contribution >= 0.6 is 0 Å². The molecule has 0 amide bonds. The van der Waals surface area contributed by atoms with Crippen LogP contribution in [0.15, 0.2) is 46.4 Å². The summed E-state index contributed by atoms with van der Waals surface area (Å²) in [6, 6.07) is 10.4. The van der Waals surface area contributed by atoms with Crippen molar-refractivity contribution in [3.63, 3.8) is 0 Å². The lowest BCUT2D eigenvalue weighted by Gasteiger charge is -2.26. The van der Waals surface area contributed by atoms with Crippen molar-refractivity contribution in [2.75, 3.05) is 0 Å². The Hall–Kier alpha value is -2.34. The summed E-state index contributed by atoms with van der Waals surface area (Å²) in [6.45, 7) is 14.2. The maximum Gasteiger partial charge on any atom is 0.276 e. The maximum atomic E-state index is 12.4. The predicted molar refractivity (Wildman–Crippen MR) is 115 cm³/mol. The quantitative estimate of drug-likeness (QED) is 0.579. The number of nitrogens with one attached hydrogen (secondary N) is 1. The summed E-state index contributed by atoms with van der Waals surface area (Å²) in [5.74, 6) is 0.110. The molecule has 6 heteroatoms. The molecule has 0 aliphatic carbocycles. The minimum Gasteiger partial charge on any atom is -0.507 e. The molecule has 5 nitrogen and oxygen atoms in total. The largest absolute Gasteiger partial charge is 0.507 e. The normalized spacial score (nSPS) is 13.1.